The van der Waals surface area contributed by atoms with Gasteiger partial charge in [0, 0.05) is 18.0 Å². The van der Waals surface area contributed by atoms with Crippen molar-refractivity contribution in [2.45, 2.75) is 41.7 Å². The Kier molecular flexibility index (Phi) is 7.53. The molecule has 0 aliphatic carbocycles. The molecule has 1 aliphatic heterocycles. The molecule has 2 N–H and O–H groups in total. The van der Waals surface area contributed by atoms with E-state index in [1.165, 1.54) is 17.3 Å². The van der Waals surface area contributed by atoms with Gasteiger partial charge in [-0.1, -0.05) is 30.7 Å². The standard InChI is InChI=1S/C18H26N2O3S2/c1-3-12-25(22,23)17-7-5-4-6-16(17)24-14(2)18(21)20-13-15-8-10-19-11-9-15/h4-8,14,19H,3,9-13H2,1-2H3,(H,20,21). The summed E-state index contributed by atoms with van der Waals surface area (Å²) >= 11 is 1.29. The van der Waals surface area contributed by atoms with Crippen molar-refractivity contribution in [3.63, 3.8) is 0 Å². The molecule has 1 amide bonds. The van der Waals surface area contributed by atoms with Crippen LogP contribution in [-0.2, 0) is 14.6 Å². The minimum absolute atomic E-state index is 0.0767. The van der Waals surface area contributed by atoms with Crippen LogP contribution in [0, 0.1) is 0 Å². The van der Waals surface area contributed by atoms with Crippen LogP contribution in [0.3, 0.4) is 0 Å². The maximum atomic E-state index is 12.4. The predicted octanol–water partition coefficient (Wildman–Crippen LogP) is 2.39. The van der Waals surface area contributed by atoms with Crippen molar-refractivity contribution < 1.29 is 13.2 Å². The number of benzene rings is 1. The lowest BCUT2D eigenvalue weighted by molar-refractivity contribution is -0.120. The van der Waals surface area contributed by atoms with Crippen LogP contribution < -0.4 is 10.6 Å². The largest absolute Gasteiger partial charge is 0.351 e. The summed E-state index contributed by atoms with van der Waals surface area (Å²) in [4.78, 5) is 13.3. The highest BCUT2D eigenvalue weighted by Crippen LogP contribution is 2.30. The topological polar surface area (TPSA) is 75.3 Å². The van der Waals surface area contributed by atoms with Crippen molar-refractivity contribution in [2.24, 2.45) is 0 Å². The molecule has 0 bridgehead atoms. The Morgan fingerprint density at radius 2 is 2.12 bits per heavy atom. The predicted molar refractivity (Wildman–Crippen MR) is 103 cm³/mol. The first-order chi connectivity index (χ1) is 11.9. The highest BCUT2D eigenvalue weighted by molar-refractivity contribution is 8.01. The number of hydrogen-bond donors (Lipinski definition) is 2. The van der Waals surface area contributed by atoms with E-state index < -0.39 is 9.84 Å². The first kappa shape index (κ1) is 20.0. The zero-order valence-corrected chi connectivity index (χ0v) is 16.4. The van der Waals surface area contributed by atoms with Gasteiger partial charge in [-0.15, -0.1) is 11.8 Å². The van der Waals surface area contributed by atoms with Gasteiger partial charge < -0.3 is 10.6 Å². The fraction of sp³-hybridized carbons (Fsp3) is 0.500. The van der Waals surface area contributed by atoms with Crippen LogP contribution in [0.15, 0.2) is 45.7 Å². The van der Waals surface area contributed by atoms with Gasteiger partial charge in [-0.2, -0.15) is 0 Å². The molecule has 0 saturated carbocycles. The van der Waals surface area contributed by atoms with E-state index in [1.54, 1.807) is 31.2 Å². The summed E-state index contributed by atoms with van der Waals surface area (Å²) in [6.45, 7) is 5.99. The Hall–Kier alpha value is -1.31. The highest BCUT2D eigenvalue weighted by atomic mass is 32.2. The number of carbonyl (C=O) groups excluding carboxylic acids is 1. The third kappa shape index (κ3) is 5.87. The Morgan fingerprint density at radius 1 is 1.36 bits per heavy atom. The van der Waals surface area contributed by atoms with Gasteiger partial charge in [0.15, 0.2) is 9.84 Å². The minimum Gasteiger partial charge on any atom is -0.351 e. The molecule has 0 aromatic heterocycles. The molecule has 2 rings (SSSR count). The van der Waals surface area contributed by atoms with Crippen LogP contribution >= 0.6 is 11.8 Å². The quantitative estimate of drug-likeness (QED) is 0.533. The van der Waals surface area contributed by atoms with Crippen LogP contribution in [-0.4, -0.2) is 45.0 Å². The number of nitrogens with one attached hydrogen (secondary N) is 2. The van der Waals surface area contributed by atoms with Gasteiger partial charge in [-0.3, -0.25) is 4.79 Å². The molecular weight excluding hydrogens is 356 g/mol. The van der Waals surface area contributed by atoms with E-state index in [0.717, 1.165) is 19.5 Å². The SMILES string of the molecule is CCCS(=O)(=O)c1ccccc1SC(C)C(=O)NCC1=CCNCC1. The fourth-order valence-electron chi connectivity index (χ4n) is 2.60. The first-order valence-corrected chi connectivity index (χ1v) is 11.1. The number of hydrogen-bond acceptors (Lipinski definition) is 5. The van der Waals surface area contributed by atoms with E-state index >= 15 is 0 Å². The van der Waals surface area contributed by atoms with Crippen LogP contribution in [0.25, 0.3) is 0 Å². The second-order valence-electron chi connectivity index (χ2n) is 6.06. The summed E-state index contributed by atoms with van der Waals surface area (Å²) in [5.74, 6) is 0.0417. The number of amides is 1. The van der Waals surface area contributed by atoms with Gasteiger partial charge >= 0.3 is 0 Å². The lowest BCUT2D eigenvalue weighted by atomic mass is 10.1. The molecule has 1 aromatic rings. The van der Waals surface area contributed by atoms with Gasteiger partial charge in [-0.05, 0) is 38.4 Å². The van der Waals surface area contributed by atoms with Crippen LogP contribution in [0.4, 0.5) is 0 Å². The van der Waals surface area contributed by atoms with Crippen molar-refractivity contribution in [3.8, 4) is 0 Å². The summed E-state index contributed by atoms with van der Waals surface area (Å²) in [6.07, 6.45) is 3.62. The maximum Gasteiger partial charge on any atom is 0.233 e. The monoisotopic (exact) mass is 382 g/mol. The third-order valence-corrected chi connectivity index (χ3v) is 7.26. The Balaban J connectivity index is 2.01. The Labute approximate surface area is 154 Å². The van der Waals surface area contributed by atoms with Crippen LogP contribution in [0.2, 0.25) is 0 Å². The summed E-state index contributed by atoms with van der Waals surface area (Å²) in [7, 11) is -3.31. The minimum atomic E-state index is -3.31. The average Bonchev–Trinajstić information content (AvgIpc) is 2.60. The molecule has 1 heterocycles. The highest BCUT2D eigenvalue weighted by Gasteiger charge is 2.21. The smallest absolute Gasteiger partial charge is 0.233 e. The molecule has 138 valence electrons. The van der Waals surface area contributed by atoms with Gasteiger partial charge in [0.25, 0.3) is 0 Å². The Morgan fingerprint density at radius 3 is 2.80 bits per heavy atom. The summed E-state index contributed by atoms with van der Waals surface area (Å²) in [5.41, 5.74) is 1.23. The van der Waals surface area contributed by atoms with Gasteiger partial charge in [0.05, 0.1) is 15.9 Å². The molecule has 25 heavy (non-hydrogen) atoms. The number of rotatable bonds is 8. The van der Waals surface area contributed by atoms with Crippen molar-refractivity contribution in [3.05, 3.63) is 35.9 Å². The molecule has 0 fully saturated rings. The summed E-state index contributed by atoms with van der Waals surface area (Å²) in [5, 5.41) is 5.83. The number of thioether (sulfide) groups is 1. The second kappa shape index (κ2) is 9.40. The average molecular weight is 383 g/mol. The molecule has 0 spiro atoms. The Bertz CT molecular complexity index is 730. The normalized spacial score (nSPS) is 16.2. The molecule has 5 nitrogen and oxygen atoms in total. The lowest BCUT2D eigenvalue weighted by Gasteiger charge is -2.17. The van der Waals surface area contributed by atoms with E-state index in [1.807, 2.05) is 6.92 Å². The van der Waals surface area contributed by atoms with E-state index in [2.05, 4.69) is 16.7 Å². The number of carbonyl (C=O) groups is 1. The van der Waals surface area contributed by atoms with Crippen molar-refractivity contribution in [2.75, 3.05) is 25.4 Å². The summed E-state index contributed by atoms with van der Waals surface area (Å²) < 4.78 is 24.8. The zero-order valence-electron chi connectivity index (χ0n) is 14.7. The third-order valence-electron chi connectivity index (χ3n) is 3.98. The van der Waals surface area contributed by atoms with Gasteiger partial charge in [-0.25, -0.2) is 8.42 Å². The molecule has 1 unspecified atom stereocenters. The molecule has 1 atom stereocenters. The fourth-order valence-corrected chi connectivity index (χ4v) is 5.46. The van der Waals surface area contributed by atoms with Crippen LogP contribution in [0.1, 0.15) is 26.7 Å². The molecule has 1 aliphatic rings. The molecule has 0 saturated heterocycles. The molecular formula is C18H26N2O3S2. The van der Waals surface area contributed by atoms with E-state index in [4.69, 9.17) is 0 Å². The van der Waals surface area contributed by atoms with Crippen LogP contribution in [0.5, 0.6) is 0 Å². The van der Waals surface area contributed by atoms with Crippen molar-refractivity contribution in [1.29, 1.82) is 0 Å². The lowest BCUT2D eigenvalue weighted by Crippen LogP contribution is -2.34. The molecule has 1 aromatic carbocycles. The zero-order chi connectivity index (χ0) is 18.3. The summed E-state index contributed by atoms with van der Waals surface area (Å²) in [6, 6.07) is 6.92. The van der Waals surface area contributed by atoms with E-state index in [0.29, 0.717) is 22.8 Å². The van der Waals surface area contributed by atoms with E-state index in [9.17, 15) is 13.2 Å². The first-order valence-electron chi connectivity index (χ1n) is 8.59. The second-order valence-corrected chi connectivity index (χ2v) is 9.52. The van der Waals surface area contributed by atoms with E-state index in [-0.39, 0.29) is 16.9 Å². The molecule has 0 radical (unpaired) electrons. The van der Waals surface area contributed by atoms with Gasteiger partial charge in [0.2, 0.25) is 5.91 Å². The van der Waals surface area contributed by atoms with Gasteiger partial charge in [0.1, 0.15) is 0 Å². The maximum absolute atomic E-state index is 12.4. The van der Waals surface area contributed by atoms with Crippen molar-refractivity contribution >= 4 is 27.5 Å². The van der Waals surface area contributed by atoms with Crippen molar-refractivity contribution in [1.82, 2.24) is 10.6 Å². The number of sulfone groups is 1. The molecule has 7 heteroatoms.